The highest BCUT2D eigenvalue weighted by Gasteiger charge is 2.53. The summed E-state index contributed by atoms with van der Waals surface area (Å²) in [5.74, 6) is 0. The third-order valence-electron chi connectivity index (χ3n) is 17.3. The summed E-state index contributed by atoms with van der Waals surface area (Å²) in [4.78, 5) is 9.75. The zero-order chi connectivity index (χ0) is 56.3. The molecule has 0 bridgehead atoms. The van der Waals surface area contributed by atoms with E-state index in [4.69, 9.17) is 0 Å². The van der Waals surface area contributed by atoms with Crippen molar-refractivity contribution in [2.45, 2.75) is 5.41 Å². The van der Waals surface area contributed by atoms with E-state index in [2.05, 4.69) is 359 Å². The number of rotatable bonds is 12. The Morgan fingerprint density at radius 2 is 0.412 bits per heavy atom. The minimum atomic E-state index is -0.867. The highest BCUT2D eigenvalue weighted by molar-refractivity contribution is 6.04. The summed E-state index contributed by atoms with van der Waals surface area (Å²) < 4.78 is 0. The van der Waals surface area contributed by atoms with Gasteiger partial charge in [-0.2, -0.15) is 0 Å². The molecule has 0 heterocycles. The van der Waals surface area contributed by atoms with Crippen molar-refractivity contribution in [2.75, 3.05) is 19.6 Å². The average Bonchev–Trinajstić information content (AvgIpc) is 1.54. The van der Waals surface area contributed by atoms with E-state index in [-0.39, 0.29) is 0 Å². The zero-order valence-corrected chi connectivity index (χ0v) is 46.6. The van der Waals surface area contributed by atoms with E-state index in [0.717, 1.165) is 68.2 Å². The molecule has 0 unspecified atom stereocenters. The van der Waals surface area contributed by atoms with Crippen LogP contribution < -0.4 is 19.6 Å². The smallest absolute Gasteiger partial charge is 0.0728 e. The van der Waals surface area contributed by atoms with Gasteiger partial charge in [0.05, 0.1) is 16.8 Å². The minimum Gasteiger partial charge on any atom is -0.310 e. The second kappa shape index (κ2) is 20.7. The van der Waals surface area contributed by atoms with Gasteiger partial charge in [0.25, 0.3) is 0 Å². The third kappa shape index (κ3) is 8.21. The summed E-state index contributed by atoms with van der Waals surface area (Å²) in [5.41, 5.74) is 21.9. The number of hydrogen-bond donors (Lipinski definition) is 0. The maximum Gasteiger partial charge on any atom is 0.0728 e. The lowest BCUT2D eigenvalue weighted by atomic mass is 9.70. The van der Waals surface area contributed by atoms with Gasteiger partial charge in [-0.25, -0.2) is 0 Å². The van der Waals surface area contributed by atoms with E-state index < -0.39 is 5.41 Å². The van der Waals surface area contributed by atoms with Crippen LogP contribution in [0, 0.1) is 0 Å². The SMILES string of the molecule is c1ccc(N(c2ccccc2)c2ccc3c(c2)C2(c4cc(N(c5ccccc5)c5ccccc5)ccc4-3)c3cc(N(c4ccccc4)c4cccc5ccccc45)ccc3-c3ccc(N(c4ccccc4)c4cccc5ccccc45)cc32)cc1. The van der Waals surface area contributed by atoms with Crippen LogP contribution >= 0.6 is 0 Å². The van der Waals surface area contributed by atoms with E-state index in [1.807, 2.05) is 0 Å². The Bertz CT molecular complexity index is 4380. The molecule has 2 aliphatic carbocycles. The second-order valence-corrected chi connectivity index (χ2v) is 22.0. The van der Waals surface area contributed by atoms with Gasteiger partial charge in [-0.15, -0.1) is 0 Å². The summed E-state index contributed by atoms with van der Waals surface area (Å²) in [7, 11) is 0. The lowest BCUT2D eigenvalue weighted by molar-refractivity contribution is 0.793. The molecule has 4 nitrogen and oxygen atoms in total. The minimum absolute atomic E-state index is 0.867. The van der Waals surface area contributed by atoms with Crippen LogP contribution in [-0.4, -0.2) is 0 Å². The van der Waals surface area contributed by atoms with Crippen molar-refractivity contribution in [3.63, 3.8) is 0 Å². The largest absolute Gasteiger partial charge is 0.310 e. The van der Waals surface area contributed by atoms with Gasteiger partial charge in [0, 0.05) is 67.6 Å². The Hall–Kier alpha value is -11.2. The van der Waals surface area contributed by atoms with Crippen LogP contribution in [0.1, 0.15) is 22.3 Å². The van der Waals surface area contributed by atoms with E-state index in [0.29, 0.717) is 0 Å². The molecular weight excluding hydrogens is 1030 g/mol. The van der Waals surface area contributed by atoms with E-state index >= 15 is 0 Å². The topological polar surface area (TPSA) is 13.0 Å². The first-order valence-corrected chi connectivity index (χ1v) is 29.2. The second-order valence-electron chi connectivity index (χ2n) is 22.0. The van der Waals surface area contributed by atoms with Crippen molar-refractivity contribution in [2.24, 2.45) is 0 Å². The fraction of sp³-hybridized carbons (Fsp3) is 0.0123. The fourth-order valence-corrected chi connectivity index (χ4v) is 13.8. The van der Waals surface area contributed by atoms with Crippen LogP contribution in [0.25, 0.3) is 43.8 Å². The van der Waals surface area contributed by atoms with Crippen molar-refractivity contribution >= 4 is 89.8 Å². The summed E-state index contributed by atoms with van der Waals surface area (Å²) >= 11 is 0. The number of anilines is 12. The maximum absolute atomic E-state index is 2.53. The fourth-order valence-electron chi connectivity index (χ4n) is 13.8. The molecule has 2 aliphatic rings. The van der Waals surface area contributed by atoms with Crippen LogP contribution in [0.2, 0.25) is 0 Å². The molecule has 400 valence electrons. The van der Waals surface area contributed by atoms with Crippen molar-refractivity contribution in [3.8, 4) is 22.3 Å². The lowest BCUT2D eigenvalue weighted by Gasteiger charge is -2.35. The van der Waals surface area contributed by atoms with Crippen LogP contribution in [0.4, 0.5) is 68.2 Å². The van der Waals surface area contributed by atoms with E-state index in [1.165, 1.54) is 66.1 Å². The molecule has 14 aromatic rings. The van der Waals surface area contributed by atoms with Crippen LogP contribution in [0.5, 0.6) is 0 Å². The van der Waals surface area contributed by atoms with Crippen LogP contribution in [0.3, 0.4) is 0 Å². The van der Waals surface area contributed by atoms with Gasteiger partial charge in [0.1, 0.15) is 0 Å². The Morgan fingerprint density at radius 1 is 0.176 bits per heavy atom. The maximum atomic E-state index is 2.53. The summed E-state index contributed by atoms with van der Waals surface area (Å²) in [6, 6.07) is 125. The Labute approximate surface area is 496 Å². The van der Waals surface area contributed by atoms with Gasteiger partial charge in [0.15, 0.2) is 0 Å². The monoisotopic (exact) mass is 1080 g/mol. The molecular formula is C81H56N4. The van der Waals surface area contributed by atoms with Gasteiger partial charge in [0.2, 0.25) is 0 Å². The molecule has 0 atom stereocenters. The molecule has 4 heteroatoms. The molecule has 1 spiro atoms. The van der Waals surface area contributed by atoms with Gasteiger partial charge in [-0.1, -0.05) is 206 Å². The highest BCUT2D eigenvalue weighted by atomic mass is 15.2. The lowest BCUT2D eigenvalue weighted by Crippen LogP contribution is -2.27. The summed E-state index contributed by atoms with van der Waals surface area (Å²) in [6.45, 7) is 0. The Kier molecular flexibility index (Phi) is 12.1. The first-order chi connectivity index (χ1) is 42.2. The molecule has 16 rings (SSSR count). The van der Waals surface area contributed by atoms with Gasteiger partial charge < -0.3 is 19.6 Å². The molecule has 0 aliphatic heterocycles. The third-order valence-corrected chi connectivity index (χ3v) is 17.3. The highest BCUT2D eigenvalue weighted by Crippen LogP contribution is 2.65. The van der Waals surface area contributed by atoms with E-state index in [1.54, 1.807) is 0 Å². The van der Waals surface area contributed by atoms with Gasteiger partial charge in [-0.05, 0) is 189 Å². The van der Waals surface area contributed by atoms with Gasteiger partial charge >= 0.3 is 0 Å². The van der Waals surface area contributed by atoms with Crippen LogP contribution in [0.15, 0.2) is 340 Å². The quantitative estimate of drug-likeness (QED) is 0.121. The zero-order valence-electron chi connectivity index (χ0n) is 46.6. The molecule has 0 N–H and O–H groups in total. The molecule has 0 aromatic heterocycles. The molecule has 0 saturated heterocycles. The van der Waals surface area contributed by atoms with Crippen molar-refractivity contribution < 1.29 is 0 Å². The van der Waals surface area contributed by atoms with Gasteiger partial charge in [-0.3, -0.25) is 0 Å². The molecule has 85 heavy (non-hydrogen) atoms. The number of para-hydroxylation sites is 6. The molecule has 0 saturated carbocycles. The number of benzene rings is 14. The molecule has 0 radical (unpaired) electrons. The Morgan fingerprint density at radius 3 is 0.706 bits per heavy atom. The number of fused-ring (bicyclic) bond motifs is 12. The van der Waals surface area contributed by atoms with Crippen molar-refractivity contribution in [1.29, 1.82) is 0 Å². The van der Waals surface area contributed by atoms with Crippen molar-refractivity contribution in [3.05, 3.63) is 362 Å². The van der Waals surface area contributed by atoms with Crippen molar-refractivity contribution in [1.82, 2.24) is 0 Å². The molecule has 14 aromatic carbocycles. The first-order valence-electron chi connectivity index (χ1n) is 29.2. The van der Waals surface area contributed by atoms with E-state index in [9.17, 15) is 0 Å². The molecule has 0 fully saturated rings. The number of nitrogens with zero attached hydrogens (tertiary/aromatic N) is 4. The standard InChI is InChI=1S/C81H56N4/c1-7-29-59(30-8-1)82(60-31-9-2-10-32-60)65-45-49-71-72-50-46-66(83(61-33-11-3-12-34-61)62-35-13-4-14-36-62)54-76(72)81(75(71)53-65)77-55-67(84(63-37-15-5-16-38-63)79-43-23-27-57-25-19-21-41-69(57)79)47-51-73(77)74-52-48-68(56-78(74)81)85(64-39-17-6-18-40-64)80-44-24-28-58-26-20-22-42-70(58)80/h1-56H. The molecule has 0 amide bonds. The van der Waals surface area contributed by atoms with Crippen LogP contribution in [-0.2, 0) is 5.41 Å². The number of hydrogen-bond acceptors (Lipinski definition) is 4. The normalized spacial score (nSPS) is 12.3. The predicted octanol–water partition coefficient (Wildman–Crippen LogP) is 22.2. The Balaban J connectivity index is 1.03. The average molecular weight is 1090 g/mol. The first kappa shape index (κ1) is 49.6. The summed E-state index contributed by atoms with van der Waals surface area (Å²) in [5, 5.41) is 4.74. The predicted molar refractivity (Wildman–Crippen MR) is 356 cm³/mol. The summed E-state index contributed by atoms with van der Waals surface area (Å²) in [6.07, 6.45) is 0.